The summed E-state index contributed by atoms with van der Waals surface area (Å²) in [6.07, 6.45) is 2.83. The first-order valence-electron chi connectivity index (χ1n) is 7.64. The number of carbonyl (C=O) groups excluding carboxylic acids is 1. The predicted molar refractivity (Wildman–Crippen MR) is 79.0 cm³/mol. The number of rotatable bonds is 3. The van der Waals surface area contributed by atoms with Crippen LogP contribution in [0.3, 0.4) is 0 Å². The second-order valence-corrected chi connectivity index (χ2v) is 7.78. The summed E-state index contributed by atoms with van der Waals surface area (Å²) in [5.74, 6) is -2.08. The number of sulfonamides is 1. The average molecular weight is 344 g/mol. The Balaban J connectivity index is 1.72. The molecule has 23 heavy (non-hydrogen) atoms. The molecule has 1 aromatic carbocycles. The lowest BCUT2D eigenvalue weighted by Gasteiger charge is -2.37. The Labute approximate surface area is 133 Å². The molecule has 0 atom stereocenters. The topological polar surface area (TPSA) is 57.7 Å². The van der Waals surface area contributed by atoms with Crippen LogP contribution in [-0.2, 0) is 14.8 Å². The van der Waals surface area contributed by atoms with E-state index in [0.717, 1.165) is 41.8 Å². The van der Waals surface area contributed by atoms with Gasteiger partial charge in [-0.3, -0.25) is 4.79 Å². The van der Waals surface area contributed by atoms with Gasteiger partial charge >= 0.3 is 0 Å². The fourth-order valence-corrected chi connectivity index (χ4v) is 4.45. The quantitative estimate of drug-likeness (QED) is 0.837. The molecule has 1 heterocycles. The Hall–Kier alpha value is -1.54. The van der Waals surface area contributed by atoms with Crippen molar-refractivity contribution in [3.63, 3.8) is 0 Å². The predicted octanol–water partition coefficient (Wildman–Crippen LogP) is 1.60. The molecule has 2 aliphatic rings. The molecule has 126 valence electrons. The first-order valence-corrected chi connectivity index (χ1v) is 9.08. The van der Waals surface area contributed by atoms with E-state index in [1.165, 1.54) is 0 Å². The fourth-order valence-electron chi connectivity index (χ4n) is 2.92. The summed E-state index contributed by atoms with van der Waals surface area (Å²) in [5, 5.41) is 0. The summed E-state index contributed by atoms with van der Waals surface area (Å²) < 4.78 is 53.4. The standard InChI is InChI=1S/C15H18F2N2O3S/c16-12-5-2-6-13(17)14(12)23(21,22)19-9-7-18(8-10-19)15(20)11-3-1-4-11/h2,5-6,11H,1,3-4,7-10H2. The second kappa shape index (κ2) is 6.16. The maximum atomic E-state index is 13.8. The molecule has 1 aromatic rings. The van der Waals surface area contributed by atoms with Gasteiger partial charge in [-0.15, -0.1) is 0 Å². The molecule has 8 heteroatoms. The van der Waals surface area contributed by atoms with Crippen molar-refractivity contribution in [3.05, 3.63) is 29.8 Å². The zero-order chi connectivity index (χ0) is 16.6. The molecule has 0 unspecified atom stereocenters. The Morgan fingerprint density at radius 2 is 1.61 bits per heavy atom. The van der Waals surface area contributed by atoms with Crippen LogP contribution in [0.2, 0.25) is 0 Å². The molecule has 1 aliphatic carbocycles. The van der Waals surface area contributed by atoms with E-state index in [2.05, 4.69) is 0 Å². The first-order chi connectivity index (χ1) is 10.9. The van der Waals surface area contributed by atoms with E-state index in [9.17, 15) is 22.0 Å². The minimum Gasteiger partial charge on any atom is -0.340 e. The number of benzene rings is 1. The lowest BCUT2D eigenvalue weighted by Crippen LogP contribution is -2.52. The molecule has 2 fully saturated rings. The van der Waals surface area contributed by atoms with E-state index >= 15 is 0 Å². The lowest BCUT2D eigenvalue weighted by molar-refractivity contribution is -0.139. The van der Waals surface area contributed by atoms with Gasteiger partial charge in [-0.25, -0.2) is 17.2 Å². The van der Waals surface area contributed by atoms with Crippen LogP contribution >= 0.6 is 0 Å². The number of nitrogens with zero attached hydrogens (tertiary/aromatic N) is 2. The van der Waals surface area contributed by atoms with Crippen LogP contribution in [0.25, 0.3) is 0 Å². The third-order valence-corrected chi connectivity index (χ3v) is 6.47. The molecule has 1 aliphatic heterocycles. The van der Waals surface area contributed by atoms with Gasteiger partial charge in [-0.1, -0.05) is 12.5 Å². The summed E-state index contributed by atoms with van der Waals surface area (Å²) in [5.41, 5.74) is 0. The molecule has 3 rings (SSSR count). The number of amides is 1. The van der Waals surface area contributed by atoms with Crippen molar-refractivity contribution >= 4 is 15.9 Å². The van der Waals surface area contributed by atoms with Crippen LogP contribution < -0.4 is 0 Å². The number of carbonyl (C=O) groups is 1. The largest absolute Gasteiger partial charge is 0.340 e. The molecule has 0 spiro atoms. The molecule has 0 radical (unpaired) electrons. The van der Waals surface area contributed by atoms with Gasteiger partial charge in [0.05, 0.1) is 0 Å². The molecular weight excluding hydrogens is 326 g/mol. The van der Waals surface area contributed by atoms with Crippen LogP contribution in [0.5, 0.6) is 0 Å². The number of piperazine rings is 1. The van der Waals surface area contributed by atoms with Crippen LogP contribution in [0.1, 0.15) is 19.3 Å². The molecule has 1 saturated carbocycles. The average Bonchev–Trinajstić information content (AvgIpc) is 2.45. The van der Waals surface area contributed by atoms with Crippen molar-refractivity contribution in [2.24, 2.45) is 5.92 Å². The van der Waals surface area contributed by atoms with Crippen molar-refractivity contribution in [3.8, 4) is 0 Å². The monoisotopic (exact) mass is 344 g/mol. The SMILES string of the molecule is O=C(C1CCC1)N1CCN(S(=O)(=O)c2c(F)cccc2F)CC1. The first kappa shape index (κ1) is 16.3. The number of halogens is 2. The lowest BCUT2D eigenvalue weighted by atomic mass is 9.84. The van der Waals surface area contributed by atoms with Crippen molar-refractivity contribution < 1.29 is 22.0 Å². The summed E-state index contributed by atoms with van der Waals surface area (Å²) in [4.78, 5) is 12.9. The third-order valence-electron chi connectivity index (χ3n) is 4.52. The minimum atomic E-state index is -4.24. The summed E-state index contributed by atoms with van der Waals surface area (Å²) in [6, 6.07) is 2.97. The van der Waals surface area contributed by atoms with E-state index in [-0.39, 0.29) is 38.0 Å². The van der Waals surface area contributed by atoms with Gasteiger partial charge in [0.15, 0.2) is 4.90 Å². The van der Waals surface area contributed by atoms with Crippen LogP contribution in [0.4, 0.5) is 8.78 Å². The van der Waals surface area contributed by atoms with Crippen molar-refractivity contribution in [2.75, 3.05) is 26.2 Å². The summed E-state index contributed by atoms with van der Waals surface area (Å²) in [6.45, 7) is 0.610. The van der Waals surface area contributed by atoms with Crippen LogP contribution in [-0.4, -0.2) is 49.7 Å². The minimum absolute atomic E-state index is 0.0502. The Morgan fingerprint density at radius 3 is 2.09 bits per heavy atom. The number of hydrogen-bond donors (Lipinski definition) is 0. The van der Waals surface area contributed by atoms with E-state index in [0.29, 0.717) is 0 Å². The number of hydrogen-bond acceptors (Lipinski definition) is 3. The Bertz CT molecular complexity index is 691. The maximum Gasteiger partial charge on any atom is 0.249 e. The molecule has 0 aromatic heterocycles. The smallest absolute Gasteiger partial charge is 0.249 e. The van der Waals surface area contributed by atoms with E-state index in [1.807, 2.05) is 0 Å². The van der Waals surface area contributed by atoms with Gasteiger partial charge in [0, 0.05) is 32.1 Å². The van der Waals surface area contributed by atoms with E-state index in [1.54, 1.807) is 4.90 Å². The third kappa shape index (κ3) is 2.97. The Kier molecular flexibility index (Phi) is 4.37. The van der Waals surface area contributed by atoms with Crippen LogP contribution in [0.15, 0.2) is 23.1 Å². The van der Waals surface area contributed by atoms with Gasteiger partial charge in [0.2, 0.25) is 15.9 Å². The van der Waals surface area contributed by atoms with Crippen LogP contribution in [0, 0.1) is 17.6 Å². The van der Waals surface area contributed by atoms with Crippen molar-refractivity contribution in [2.45, 2.75) is 24.2 Å². The van der Waals surface area contributed by atoms with Gasteiger partial charge in [0.1, 0.15) is 11.6 Å². The molecular formula is C15H18F2N2O3S. The highest BCUT2D eigenvalue weighted by atomic mass is 32.2. The highest BCUT2D eigenvalue weighted by Crippen LogP contribution is 2.29. The highest BCUT2D eigenvalue weighted by Gasteiger charge is 2.36. The second-order valence-electron chi connectivity index (χ2n) is 5.91. The van der Waals surface area contributed by atoms with Gasteiger partial charge in [-0.05, 0) is 25.0 Å². The zero-order valence-electron chi connectivity index (χ0n) is 12.5. The fraction of sp³-hybridized carbons (Fsp3) is 0.533. The van der Waals surface area contributed by atoms with Crippen molar-refractivity contribution in [1.29, 1.82) is 0 Å². The highest BCUT2D eigenvalue weighted by molar-refractivity contribution is 7.89. The molecule has 0 N–H and O–H groups in total. The van der Waals surface area contributed by atoms with Gasteiger partial charge < -0.3 is 4.90 Å². The molecule has 0 bridgehead atoms. The summed E-state index contributed by atoms with van der Waals surface area (Å²) in [7, 11) is -4.24. The molecule has 5 nitrogen and oxygen atoms in total. The van der Waals surface area contributed by atoms with Gasteiger partial charge in [0.25, 0.3) is 0 Å². The van der Waals surface area contributed by atoms with Crippen molar-refractivity contribution in [1.82, 2.24) is 9.21 Å². The normalized spacial score (nSPS) is 20.3. The van der Waals surface area contributed by atoms with E-state index < -0.39 is 26.6 Å². The molecule has 1 saturated heterocycles. The maximum absolute atomic E-state index is 13.8. The molecule has 1 amide bonds. The zero-order valence-corrected chi connectivity index (χ0v) is 13.4. The van der Waals surface area contributed by atoms with Gasteiger partial charge in [-0.2, -0.15) is 4.31 Å². The summed E-state index contributed by atoms with van der Waals surface area (Å²) >= 11 is 0. The Morgan fingerprint density at radius 1 is 1.04 bits per heavy atom. The van der Waals surface area contributed by atoms with E-state index in [4.69, 9.17) is 0 Å².